The van der Waals surface area contributed by atoms with E-state index in [1.807, 2.05) is 6.20 Å². The van der Waals surface area contributed by atoms with Gasteiger partial charge in [-0.25, -0.2) is 18.1 Å². The number of nitrogens with zero attached hydrogens (tertiary/aromatic N) is 6. The molecule has 3 aromatic rings. The number of hydrogen-bond donors (Lipinski definition) is 2. The molecule has 2 aromatic heterocycles. The van der Waals surface area contributed by atoms with Gasteiger partial charge in [0, 0.05) is 19.8 Å². The van der Waals surface area contributed by atoms with Crippen LogP contribution in [0.5, 0.6) is 0 Å². The van der Waals surface area contributed by atoms with E-state index in [4.69, 9.17) is 14.2 Å². The van der Waals surface area contributed by atoms with Crippen LogP contribution in [-0.2, 0) is 26.4 Å². The number of unbranched alkanes of at least 4 members (excludes halogenated alkanes) is 4. The summed E-state index contributed by atoms with van der Waals surface area (Å²) in [5.41, 5.74) is 0.137. The second-order valence-electron chi connectivity index (χ2n) is 10.9. The van der Waals surface area contributed by atoms with Gasteiger partial charge in [-0.2, -0.15) is 0 Å². The zero-order chi connectivity index (χ0) is 31.1. The van der Waals surface area contributed by atoms with Gasteiger partial charge in [0.2, 0.25) is 0 Å². The highest BCUT2D eigenvalue weighted by Crippen LogP contribution is 2.36. The van der Waals surface area contributed by atoms with Gasteiger partial charge in [0.25, 0.3) is 0 Å². The van der Waals surface area contributed by atoms with E-state index >= 15 is 0 Å². The standard InChI is InChI=1S/C29H41BrF2N6O5/c1-5-7-8-9-10-13-29(6-2,42-4)23-16-37(35-34-23)15-21-28(41-3)26(27(40)22(17-39)43-21)38-14-20(33-36-38)18-11-12-19(30)25(32)24(18)31/h11-12,14,16,21-22,26-28,39-40H,5-10,13,15,17H2,1-4H3/t21-,22-,26+,27+,28+,29?/m1/s1. The number of aliphatic hydroxyl groups is 2. The molecule has 1 aliphatic rings. The fraction of sp³-hybridized carbons (Fsp3) is 0.655. The van der Waals surface area contributed by atoms with E-state index in [9.17, 15) is 19.0 Å². The predicted octanol–water partition coefficient (Wildman–Crippen LogP) is 4.57. The van der Waals surface area contributed by atoms with E-state index in [0.717, 1.165) is 31.4 Å². The van der Waals surface area contributed by atoms with Crippen molar-refractivity contribution >= 4 is 15.9 Å². The number of methoxy groups -OCH3 is 2. The van der Waals surface area contributed by atoms with Crippen LogP contribution in [0.1, 0.15) is 70.5 Å². The molecule has 1 fully saturated rings. The van der Waals surface area contributed by atoms with Crippen LogP contribution in [0.4, 0.5) is 8.78 Å². The van der Waals surface area contributed by atoms with Crippen LogP contribution in [0, 0.1) is 11.6 Å². The largest absolute Gasteiger partial charge is 0.394 e. The van der Waals surface area contributed by atoms with Crippen LogP contribution in [0.15, 0.2) is 29.0 Å². The summed E-state index contributed by atoms with van der Waals surface area (Å²) >= 11 is 2.97. The second kappa shape index (κ2) is 15.1. The molecular weight excluding hydrogens is 630 g/mol. The molecule has 1 saturated heterocycles. The van der Waals surface area contributed by atoms with Crippen molar-refractivity contribution in [3.8, 4) is 11.3 Å². The number of benzene rings is 1. The molecule has 6 atom stereocenters. The van der Waals surface area contributed by atoms with E-state index < -0.39 is 54.3 Å². The Bertz CT molecular complexity index is 1320. The van der Waals surface area contributed by atoms with E-state index in [1.165, 1.54) is 49.4 Å². The molecule has 3 heterocycles. The topological polar surface area (TPSA) is 130 Å². The molecule has 4 rings (SSSR count). The Balaban J connectivity index is 1.57. The summed E-state index contributed by atoms with van der Waals surface area (Å²) in [7, 11) is 3.17. The maximum atomic E-state index is 14.7. The molecule has 0 saturated carbocycles. The van der Waals surface area contributed by atoms with Gasteiger partial charge in [0.1, 0.15) is 47.4 Å². The van der Waals surface area contributed by atoms with Crippen molar-refractivity contribution in [2.75, 3.05) is 20.8 Å². The molecule has 1 aliphatic heterocycles. The Labute approximate surface area is 258 Å². The Morgan fingerprint density at radius 3 is 2.47 bits per heavy atom. The quantitative estimate of drug-likeness (QED) is 0.176. The lowest BCUT2D eigenvalue weighted by Gasteiger charge is -2.43. The minimum absolute atomic E-state index is 0.0148. The van der Waals surface area contributed by atoms with E-state index in [1.54, 1.807) is 11.8 Å². The Morgan fingerprint density at radius 2 is 1.79 bits per heavy atom. The summed E-state index contributed by atoms with van der Waals surface area (Å²) in [5.74, 6) is -2.12. The van der Waals surface area contributed by atoms with Crippen LogP contribution in [0.2, 0.25) is 0 Å². The van der Waals surface area contributed by atoms with Gasteiger partial charge in [-0.15, -0.1) is 10.2 Å². The third kappa shape index (κ3) is 7.15. The van der Waals surface area contributed by atoms with Crippen molar-refractivity contribution in [3.05, 3.63) is 46.3 Å². The summed E-state index contributed by atoms with van der Waals surface area (Å²) in [6, 6.07) is 1.89. The fourth-order valence-electron chi connectivity index (χ4n) is 5.81. The van der Waals surface area contributed by atoms with Crippen LogP contribution in [-0.4, -0.2) is 85.4 Å². The van der Waals surface area contributed by atoms with Gasteiger partial charge in [-0.05, 0) is 40.9 Å². The Kier molecular flexibility index (Phi) is 11.8. The molecule has 43 heavy (non-hydrogen) atoms. The molecule has 0 bridgehead atoms. The summed E-state index contributed by atoms with van der Waals surface area (Å²) in [5, 5.41) is 38.1. The molecule has 0 radical (unpaired) electrons. The van der Waals surface area contributed by atoms with Crippen LogP contribution < -0.4 is 0 Å². The second-order valence-corrected chi connectivity index (χ2v) is 11.8. The molecule has 14 heteroatoms. The summed E-state index contributed by atoms with van der Waals surface area (Å²) in [6.45, 7) is 3.98. The first kappa shape index (κ1) is 33.5. The summed E-state index contributed by atoms with van der Waals surface area (Å²) in [6.07, 6.45) is 6.83. The minimum Gasteiger partial charge on any atom is -0.394 e. The third-order valence-corrected chi connectivity index (χ3v) is 8.99. The van der Waals surface area contributed by atoms with Gasteiger partial charge < -0.3 is 24.4 Å². The van der Waals surface area contributed by atoms with Crippen molar-refractivity contribution in [2.45, 2.75) is 101 Å². The lowest BCUT2D eigenvalue weighted by Crippen LogP contribution is -2.57. The normalized spacial score (nSPS) is 23.9. The van der Waals surface area contributed by atoms with E-state index in [-0.39, 0.29) is 22.3 Å². The van der Waals surface area contributed by atoms with E-state index in [0.29, 0.717) is 0 Å². The molecular formula is C29H41BrF2N6O5. The van der Waals surface area contributed by atoms with E-state index in [2.05, 4.69) is 50.4 Å². The first-order chi connectivity index (χ1) is 20.7. The number of hydrogen-bond acceptors (Lipinski definition) is 9. The zero-order valence-corrected chi connectivity index (χ0v) is 26.6. The monoisotopic (exact) mass is 670 g/mol. The lowest BCUT2D eigenvalue weighted by atomic mass is 9.89. The highest BCUT2D eigenvalue weighted by atomic mass is 79.9. The zero-order valence-electron chi connectivity index (χ0n) is 25.0. The third-order valence-electron chi connectivity index (χ3n) is 8.38. The number of rotatable bonds is 15. The molecule has 0 spiro atoms. The Hall–Kier alpha value is -2.36. The molecule has 0 amide bonds. The average molecular weight is 672 g/mol. The summed E-state index contributed by atoms with van der Waals surface area (Å²) < 4.78 is 49.7. The fourth-order valence-corrected chi connectivity index (χ4v) is 6.12. The molecule has 238 valence electrons. The van der Waals surface area contributed by atoms with Crippen LogP contribution in [0.3, 0.4) is 0 Å². The van der Waals surface area contributed by atoms with Crippen molar-refractivity contribution in [2.24, 2.45) is 0 Å². The number of aromatic nitrogens is 6. The minimum atomic E-state index is -1.24. The highest BCUT2D eigenvalue weighted by molar-refractivity contribution is 9.10. The predicted molar refractivity (Wildman–Crippen MR) is 157 cm³/mol. The van der Waals surface area contributed by atoms with Gasteiger partial charge in [0.05, 0.1) is 30.0 Å². The van der Waals surface area contributed by atoms with Gasteiger partial charge >= 0.3 is 0 Å². The molecule has 1 aromatic carbocycles. The highest BCUT2D eigenvalue weighted by Gasteiger charge is 2.47. The first-order valence-corrected chi connectivity index (χ1v) is 15.5. The van der Waals surface area contributed by atoms with Crippen molar-refractivity contribution in [1.29, 1.82) is 0 Å². The van der Waals surface area contributed by atoms with Gasteiger partial charge in [-0.1, -0.05) is 56.4 Å². The van der Waals surface area contributed by atoms with Crippen molar-refractivity contribution < 1.29 is 33.2 Å². The smallest absolute Gasteiger partial charge is 0.173 e. The van der Waals surface area contributed by atoms with Crippen molar-refractivity contribution in [1.82, 2.24) is 30.0 Å². The molecule has 2 N–H and O–H groups in total. The lowest BCUT2D eigenvalue weighted by molar-refractivity contribution is -0.216. The molecule has 1 unspecified atom stereocenters. The maximum Gasteiger partial charge on any atom is 0.173 e. The summed E-state index contributed by atoms with van der Waals surface area (Å²) in [4.78, 5) is 0. The number of halogens is 3. The Morgan fingerprint density at radius 1 is 1.02 bits per heavy atom. The maximum absolute atomic E-state index is 14.7. The SMILES string of the molecule is CCCCCCCC(CC)(OC)c1cn(C[C@H]2O[C@H](CO)[C@H](O)[C@H](n3cc(-c4ccc(Br)c(F)c4F)nn3)[C@H]2OC)nn1. The number of aliphatic hydroxyl groups excluding tert-OH is 2. The van der Waals surface area contributed by atoms with Crippen LogP contribution in [0.25, 0.3) is 11.3 Å². The number of ether oxygens (including phenoxy) is 3. The molecule has 0 aliphatic carbocycles. The average Bonchev–Trinajstić information content (AvgIpc) is 3.69. The van der Waals surface area contributed by atoms with Crippen molar-refractivity contribution in [3.63, 3.8) is 0 Å². The first-order valence-electron chi connectivity index (χ1n) is 14.7. The molecule has 11 nitrogen and oxygen atoms in total. The van der Waals surface area contributed by atoms with Gasteiger partial charge in [0.15, 0.2) is 11.6 Å². The van der Waals surface area contributed by atoms with Crippen LogP contribution >= 0.6 is 15.9 Å². The van der Waals surface area contributed by atoms with Gasteiger partial charge in [-0.3, -0.25) is 0 Å².